The van der Waals surface area contributed by atoms with Crippen molar-refractivity contribution in [2.24, 2.45) is 0 Å². The van der Waals surface area contributed by atoms with Gasteiger partial charge in [-0.3, -0.25) is 0 Å². The molecule has 0 aliphatic heterocycles. The zero-order chi connectivity index (χ0) is 12.3. The molecule has 0 radical (unpaired) electrons. The molecule has 1 aliphatic rings. The fraction of sp³-hybridized carbons (Fsp3) is 0.692. The number of rotatable bonds is 5. The maximum absolute atomic E-state index is 4.38. The average Bonchev–Trinajstić information content (AvgIpc) is 2.75. The van der Waals surface area contributed by atoms with Crippen LogP contribution in [0.2, 0.25) is 0 Å². The van der Waals surface area contributed by atoms with Crippen molar-refractivity contribution < 1.29 is 0 Å². The molecule has 1 N–H and O–H groups in total. The lowest BCUT2D eigenvalue weighted by Gasteiger charge is -2.18. The topological polar surface area (TPSA) is 41.0 Å². The van der Waals surface area contributed by atoms with E-state index in [9.17, 15) is 0 Å². The second kappa shape index (κ2) is 5.45. The molecule has 4 heteroatoms. The minimum atomic E-state index is 0.456. The Balaban J connectivity index is 1.97. The van der Waals surface area contributed by atoms with Gasteiger partial charge in [-0.05, 0) is 53.2 Å². The number of hydrogen-bond acceptors (Lipinski definition) is 4. The Hall–Kier alpha value is -1.16. The van der Waals surface area contributed by atoms with Crippen molar-refractivity contribution in [1.29, 1.82) is 0 Å². The molecular formula is C13H22N4. The Morgan fingerprint density at radius 3 is 2.94 bits per heavy atom. The van der Waals surface area contributed by atoms with Crippen LogP contribution >= 0.6 is 0 Å². The largest absolute Gasteiger partial charge is 0.367 e. The first kappa shape index (κ1) is 12.3. The quantitative estimate of drug-likeness (QED) is 0.842. The van der Waals surface area contributed by atoms with E-state index in [1.165, 1.54) is 17.7 Å². The van der Waals surface area contributed by atoms with E-state index in [-0.39, 0.29) is 0 Å². The Morgan fingerprint density at radius 2 is 2.18 bits per heavy atom. The molecule has 0 saturated heterocycles. The molecule has 0 amide bonds. The van der Waals surface area contributed by atoms with E-state index in [1.807, 2.05) is 0 Å². The van der Waals surface area contributed by atoms with E-state index < -0.39 is 0 Å². The predicted octanol–water partition coefficient (Wildman–Crippen LogP) is 1.72. The van der Waals surface area contributed by atoms with Gasteiger partial charge < -0.3 is 10.2 Å². The maximum atomic E-state index is 4.38. The third-order valence-electron chi connectivity index (χ3n) is 3.27. The third-order valence-corrected chi connectivity index (χ3v) is 3.27. The highest BCUT2D eigenvalue weighted by atomic mass is 15.1. The molecule has 2 rings (SSSR count). The molecule has 0 bridgehead atoms. The highest BCUT2D eigenvalue weighted by molar-refractivity contribution is 5.48. The maximum Gasteiger partial charge on any atom is 0.133 e. The zero-order valence-electron chi connectivity index (χ0n) is 11.0. The van der Waals surface area contributed by atoms with E-state index in [4.69, 9.17) is 0 Å². The van der Waals surface area contributed by atoms with Crippen LogP contribution in [0.15, 0.2) is 6.33 Å². The van der Waals surface area contributed by atoms with Crippen LogP contribution in [0.25, 0.3) is 0 Å². The van der Waals surface area contributed by atoms with Gasteiger partial charge in [0.15, 0.2) is 0 Å². The zero-order valence-corrected chi connectivity index (χ0v) is 11.0. The molecule has 0 saturated carbocycles. The summed E-state index contributed by atoms with van der Waals surface area (Å²) in [5.74, 6) is 1.05. The Bertz CT molecular complexity index is 376. The monoisotopic (exact) mass is 234 g/mol. The lowest BCUT2D eigenvalue weighted by molar-refractivity contribution is 0.390. The molecule has 1 aromatic heterocycles. The number of nitrogens with zero attached hydrogens (tertiary/aromatic N) is 3. The van der Waals surface area contributed by atoms with Crippen molar-refractivity contribution in [2.45, 2.75) is 38.6 Å². The second-order valence-corrected chi connectivity index (χ2v) is 5.14. The molecule has 1 atom stereocenters. The molecular weight excluding hydrogens is 212 g/mol. The van der Waals surface area contributed by atoms with Gasteiger partial charge in [-0.2, -0.15) is 0 Å². The summed E-state index contributed by atoms with van der Waals surface area (Å²) in [4.78, 5) is 10.9. The standard InChI is InChI=1S/C13H22N4/c1-10(7-8-17(2)3)16-13-11-5-4-6-12(11)14-9-15-13/h9-10H,4-8H2,1-3H3,(H,14,15,16). The number of fused-ring (bicyclic) bond motifs is 1. The lowest BCUT2D eigenvalue weighted by atomic mass is 10.2. The van der Waals surface area contributed by atoms with E-state index >= 15 is 0 Å². The van der Waals surface area contributed by atoms with Crippen molar-refractivity contribution in [1.82, 2.24) is 14.9 Å². The first-order valence-corrected chi connectivity index (χ1v) is 6.41. The molecule has 17 heavy (non-hydrogen) atoms. The fourth-order valence-corrected chi connectivity index (χ4v) is 2.24. The minimum Gasteiger partial charge on any atom is -0.367 e. The number of anilines is 1. The smallest absolute Gasteiger partial charge is 0.133 e. The molecule has 0 fully saturated rings. The predicted molar refractivity (Wildman–Crippen MR) is 70.3 cm³/mol. The summed E-state index contributed by atoms with van der Waals surface area (Å²) in [6, 6.07) is 0.456. The average molecular weight is 234 g/mol. The Morgan fingerprint density at radius 1 is 1.35 bits per heavy atom. The van der Waals surface area contributed by atoms with Crippen LogP contribution in [0.5, 0.6) is 0 Å². The highest BCUT2D eigenvalue weighted by Gasteiger charge is 2.17. The Kier molecular flexibility index (Phi) is 3.94. The van der Waals surface area contributed by atoms with Gasteiger partial charge in [0.05, 0.1) is 0 Å². The molecule has 1 heterocycles. The van der Waals surface area contributed by atoms with Crippen molar-refractivity contribution in [3.05, 3.63) is 17.6 Å². The van der Waals surface area contributed by atoms with Crippen LogP contribution < -0.4 is 5.32 Å². The first-order valence-electron chi connectivity index (χ1n) is 6.41. The molecule has 4 nitrogen and oxygen atoms in total. The molecule has 94 valence electrons. The van der Waals surface area contributed by atoms with Gasteiger partial charge in [-0.15, -0.1) is 0 Å². The van der Waals surface area contributed by atoms with Crippen molar-refractivity contribution in [3.8, 4) is 0 Å². The molecule has 1 aliphatic carbocycles. The van der Waals surface area contributed by atoms with Crippen molar-refractivity contribution in [3.63, 3.8) is 0 Å². The fourth-order valence-electron chi connectivity index (χ4n) is 2.24. The van der Waals surface area contributed by atoms with Crippen LogP contribution in [0.3, 0.4) is 0 Å². The van der Waals surface area contributed by atoms with E-state index in [1.54, 1.807) is 6.33 Å². The van der Waals surface area contributed by atoms with Crippen LogP contribution in [-0.2, 0) is 12.8 Å². The van der Waals surface area contributed by atoms with Gasteiger partial charge in [0.25, 0.3) is 0 Å². The van der Waals surface area contributed by atoms with Gasteiger partial charge in [0, 0.05) is 17.3 Å². The first-order chi connectivity index (χ1) is 8.16. The van der Waals surface area contributed by atoms with Crippen LogP contribution in [0.1, 0.15) is 31.0 Å². The summed E-state index contributed by atoms with van der Waals surface area (Å²) >= 11 is 0. The molecule has 0 aromatic carbocycles. The minimum absolute atomic E-state index is 0.456. The molecule has 0 spiro atoms. The Labute approximate surface area is 103 Å². The van der Waals surface area contributed by atoms with Gasteiger partial charge >= 0.3 is 0 Å². The summed E-state index contributed by atoms with van der Waals surface area (Å²) in [5.41, 5.74) is 2.58. The van der Waals surface area contributed by atoms with E-state index in [0.717, 1.165) is 31.6 Å². The van der Waals surface area contributed by atoms with E-state index in [2.05, 4.69) is 41.2 Å². The summed E-state index contributed by atoms with van der Waals surface area (Å²) in [5, 5.41) is 3.52. The van der Waals surface area contributed by atoms with Crippen molar-refractivity contribution >= 4 is 5.82 Å². The number of hydrogen-bond donors (Lipinski definition) is 1. The van der Waals surface area contributed by atoms with Crippen LogP contribution in [-0.4, -0.2) is 41.5 Å². The van der Waals surface area contributed by atoms with Crippen LogP contribution in [0.4, 0.5) is 5.82 Å². The van der Waals surface area contributed by atoms with Gasteiger partial charge in [-0.25, -0.2) is 9.97 Å². The van der Waals surface area contributed by atoms with Crippen molar-refractivity contribution in [2.75, 3.05) is 26.0 Å². The molecule has 1 unspecified atom stereocenters. The summed E-state index contributed by atoms with van der Waals surface area (Å²) < 4.78 is 0. The SMILES string of the molecule is CC(CCN(C)C)Nc1ncnc2c1CCC2. The van der Waals surface area contributed by atoms with Gasteiger partial charge in [0.2, 0.25) is 0 Å². The summed E-state index contributed by atoms with van der Waals surface area (Å²) in [6.07, 6.45) is 6.27. The number of nitrogens with one attached hydrogen (secondary N) is 1. The number of aryl methyl sites for hydroxylation is 1. The summed E-state index contributed by atoms with van der Waals surface area (Å²) in [7, 11) is 4.21. The normalized spacial score (nSPS) is 16.0. The number of aromatic nitrogens is 2. The third kappa shape index (κ3) is 3.16. The van der Waals surface area contributed by atoms with Gasteiger partial charge in [0.1, 0.15) is 12.1 Å². The van der Waals surface area contributed by atoms with Gasteiger partial charge in [-0.1, -0.05) is 0 Å². The van der Waals surface area contributed by atoms with E-state index in [0.29, 0.717) is 6.04 Å². The second-order valence-electron chi connectivity index (χ2n) is 5.14. The molecule has 1 aromatic rings. The van der Waals surface area contributed by atoms with Crippen LogP contribution in [0, 0.1) is 0 Å². The lowest BCUT2D eigenvalue weighted by Crippen LogP contribution is -2.24. The highest BCUT2D eigenvalue weighted by Crippen LogP contribution is 2.25. The summed E-state index contributed by atoms with van der Waals surface area (Å²) in [6.45, 7) is 3.31.